The molecule has 0 aliphatic heterocycles. The first-order valence-electron chi connectivity index (χ1n) is 6.29. The molecule has 0 aliphatic carbocycles. The summed E-state index contributed by atoms with van der Waals surface area (Å²) in [5.74, 6) is 0. The van der Waals surface area contributed by atoms with Crippen molar-refractivity contribution in [2.24, 2.45) is 0 Å². The van der Waals surface area contributed by atoms with Crippen molar-refractivity contribution in [3.63, 3.8) is 0 Å². The lowest BCUT2D eigenvalue weighted by molar-refractivity contribution is -0.135. The van der Waals surface area contributed by atoms with Gasteiger partial charge in [0, 0.05) is 23.9 Å². The number of rotatable bonds is 6. The number of hydrogen-bond acceptors (Lipinski definition) is 2. The van der Waals surface area contributed by atoms with E-state index >= 15 is 0 Å². The van der Waals surface area contributed by atoms with Crippen LogP contribution in [0.15, 0.2) is 34.9 Å². The second-order valence-corrected chi connectivity index (χ2v) is 4.51. The summed E-state index contributed by atoms with van der Waals surface area (Å²) in [6, 6.07) is 7.70. The summed E-state index contributed by atoms with van der Waals surface area (Å²) in [7, 11) is 0. The summed E-state index contributed by atoms with van der Waals surface area (Å²) < 4.78 is 41.2. The molecule has 1 heterocycles. The average molecular weight is 271 g/mol. The Labute approximate surface area is 109 Å². The van der Waals surface area contributed by atoms with E-state index in [4.69, 9.17) is 4.42 Å². The Morgan fingerprint density at radius 3 is 2.68 bits per heavy atom. The normalized spacial score (nSPS) is 12.2. The molecule has 2 nitrogen and oxygen atoms in total. The molecule has 0 saturated carbocycles. The Kier molecular flexibility index (Phi) is 4.47. The fraction of sp³-hybridized carbons (Fsp3) is 0.429. The third kappa shape index (κ3) is 4.28. The summed E-state index contributed by atoms with van der Waals surface area (Å²) in [6.07, 6.45) is -2.37. The van der Waals surface area contributed by atoms with E-state index in [2.05, 4.69) is 5.32 Å². The lowest BCUT2D eigenvalue weighted by atomic mass is 10.2. The monoisotopic (exact) mass is 271 g/mol. The highest BCUT2D eigenvalue weighted by molar-refractivity contribution is 5.80. The van der Waals surface area contributed by atoms with Gasteiger partial charge >= 0.3 is 6.18 Å². The average Bonchev–Trinajstić information content (AvgIpc) is 2.76. The molecule has 1 N–H and O–H groups in total. The van der Waals surface area contributed by atoms with Gasteiger partial charge in [0.15, 0.2) is 0 Å². The summed E-state index contributed by atoms with van der Waals surface area (Å²) in [5.41, 5.74) is 1.86. The molecule has 0 spiro atoms. The van der Waals surface area contributed by atoms with Gasteiger partial charge in [0.1, 0.15) is 5.58 Å². The summed E-state index contributed by atoms with van der Waals surface area (Å²) in [6.45, 7) is 1.19. The molecule has 0 unspecified atom stereocenters. The van der Waals surface area contributed by atoms with Crippen molar-refractivity contribution in [3.05, 3.63) is 36.1 Å². The van der Waals surface area contributed by atoms with Gasteiger partial charge < -0.3 is 9.73 Å². The highest BCUT2D eigenvalue weighted by Crippen LogP contribution is 2.22. The van der Waals surface area contributed by atoms with Crippen LogP contribution in [0.25, 0.3) is 11.0 Å². The van der Waals surface area contributed by atoms with Crippen LogP contribution in [0, 0.1) is 0 Å². The van der Waals surface area contributed by atoms with Crippen molar-refractivity contribution in [2.75, 3.05) is 6.54 Å². The van der Waals surface area contributed by atoms with E-state index in [0.29, 0.717) is 19.5 Å². The number of unbranched alkanes of at least 4 members (excludes halogenated alkanes) is 1. The molecule has 0 bridgehead atoms. The number of halogens is 3. The molecule has 0 atom stereocenters. The minimum Gasteiger partial charge on any atom is -0.464 e. The molecule has 0 saturated heterocycles. The molecule has 0 amide bonds. The van der Waals surface area contributed by atoms with Crippen LogP contribution in [0.3, 0.4) is 0 Å². The second-order valence-electron chi connectivity index (χ2n) is 4.51. The summed E-state index contributed by atoms with van der Waals surface area (Å²) in [5, 5.41) is 4.19. The van der Waals surface area contributed by atoms with Crippen molar-refractivity contribution in [2.45, 2.75) is 32.0 Å². The number of alkyl halides is 3. The van der Waals surface area contributed by atoms with Crippen LogP contribution in [0.5, 0.6) is 0 Å². The van der Waals surface area contributed by atoms with Crippen molar-refractivity contribution in [3.8, 4) is 0 Å². The zero-order chi connectivity index (χ0) is 13.7. The van der Waals surface area contributed by atoms with Gasteiger partial charge in [0.05, 0.1) is 6.26 Å². The minimum atomic E-state index is -4.04. The number of para-hydroxylation sites is 1. The van der Waals surface area contributed by atoms with Gasteiger partial charge in [-0.05, 0) is 25.5 Å². The predicted octanol–water partition coefficient (Wildman–Crippen LogP) is 4.26. The molecule has 2 rings (SSSR count). The zero-order valence-electron chi connectivity index (χ0n) is 10.5. The SMILES string of the molecule is FC(F)(F)CCCCNCc1coc2ccccc12. The van der Waals surface area contributed by atoms with E-state index in [0.717, 1.165) is 16.5 Å². The predicted molar refractivity (Wildman–Crippen MR) is 67.8 cm³/mol. The smallest absolute Gasteiger partial charge is 0.389 e. The van der Waals surface area contributed by atoms with E-state index in [9.17, 15) is 13.2 Å². The van der Waals surface area contributed by atoms with Crippen LogP contribution in [0.1, 0.15) is 24.8 Å². The Bertz CT molecular complexity index is 519. The maximum atomic E-state index is 11.9. The summed E-state index contributed by atoms with van der Waals surface area (Å²) in [4.78, 5) is 0. The summed E-state index contributed by atoms with van der Waals surface area (Å²) >= 11 is 0. The molecule has 1 aromatic heterocycles. The maximum Gasteiger partial charge on any atom is 0.389 e. The molecule has 104 valence electrons. The second kappa shape index (κ2) is 6.10. The molecule has 2 aromatic rings. The molecule has 19 heavy (non-hydrogen) atoms. The van der Waals surface area contributed by atoms with Gasteiger partial charge in [0.2, 0.25) is 0 Å². The van der Waals surface area contributed by atoms with Crippen molar-refractivity contribution in [1.82, 2.24) is 5.32 Å². The Hall–Kier alpha value is -1.49. The van der Waals surface area contributed by atoms with Crippen molar-refractivity contribution >= 4 is 11.0 Å². The third-order valence-corrected chi connectivity index (χ3v) is 2.94. The number of furan rings is 1. The number of nitrogens with one attached hydrogen (secondary N) is 1. The van der Waals surface area contributed by atoms with E-state index in [1.165, 1.54) is 0 Å². The Morgan fingerprint density at radius 1 is 1.11 bits per heavy atom. The number of benzene rings is 1. The fourth-order valence-electron chi connectivity index (χ4n) is 1.97. The molecule has 1 aromatic carbocycles. The van der Waals surface area contributed by atoms with Crippen LogP contribution in [-0.4, -0.2) is 12.7 Å². The first-order chi connectivity index (χ1) is 9.06. The van der Waals surface area contributed by atoms with Crippen LogP contribution in [0.2, 0.25) is 0 Å². The molecule has 5 heteroatoms. The van der Waals surface area contributed by atoms with Gasteiger partial charge in [0.25, 0.3) is 0 Å². The quantitative estimate of drug-likeness (QED) is 0.794. The minimum absolute atomic E-state index is 0.169. The highest BCUT2D eigenvalue weighted by atomic mass is 19.4. The first kappa shape index (κ1) is 13.9. The van der Waals surface area contributed by atoms with Crippen LogP contribution in [0.4, 0.5) is 13.2 Å². The van der Waals surface area contributed by atoms with E-state index in [-0.39, 0.29) is 6.42 Å². The maximum absolute atomic E-state index is 11.9. The third-order valence-electron chi connectivity index (χ3n) is 2.94. The highest BCUT2D eigenvalue weighted by Gasteiger charge is 2.25. The van der Waals surface area contributed by atoms with Crippen molar-refractivity contribution < 1.29 is 17.6 Å². The van der Waals surface area contributed by atoms with Crippen molar-refractivity contribution in [1.29, 1.82) is 0 Å². The molecule has 0 radical (unpaired) electrons. The largest absolute Gasteiger partial charge is 0.464 e. The van der Waals surface area contributed by atoms with Crippen LogP contribution in [-0.2, 0) is 6.54 Å². The topological polar surface area (TPSA) is 25.2 Å². The molecule has 0 fully saturated rings. The Morgan fingerprint density at radius 2 is 1.89 bits per heavy atom. The standard InChI is InChI=1S/C14H16F3NO/c15-14(16,17)7-3-4-8-18-9-11-10-19-13-6-2-1-5-12(11)13/h1-2,5-6,10,18H,3-4,7-9H2. The zero-order valence-corrected chi connectivity index (χ0v) is 10.5. The molecular formula is C14H16F3NO. The Balaban J connectivity index is 1.71. The van der Waals surface area contributed by atoms with Gasteiger partial charge in [-0.1, -0.05) is 18.2 Å². The van der Waals surface area contributed by atoms with Gasteiger partial charge in [-0.3, -0.25) is 0 Å². The van der Waals surface area contributed by atoms with E-state index in [1.54, 1.807) is 6.26 Å². The van der Waals surface area contributed by atoms with Gasteiger partial charge in [-0.15, -0.1) is 0 Å². The van der Waals surface area contributed by atoms with E-state index in [1.807, 2.05) is 24.3 Å². The lowest BCUT2D eigenvalue weighted by Gasteiger charge is -2.06. The number of hydrogen-bond donors (Lipinski definition) is 1. The van der Waals surface area contributed by atoms with Gasteiger partial charge in [-0.25, -0.2) is 0 Å². The lowest BCUT2D eigenvalue weighted by Crippen LogP contribution is -2.15. The van der Waals surface area contributed by atoms with Gasteiger partial charge in [-0.2, -0.15) is 13.2 Å². The van der Waals surface area contributed by atoms with Crippen LogP contribution >= 0.6 is 0 Å². The molecular weight excluding hydrogens is 255 g/mol. The molecule has 0 aliphatic rings. The number of fused-ring (bicyclic) bond motifs is 1. The first-order valence-corrected chi connectivity index (χ1v) is 6.29. The van der Waals surface area contributed by atoms with Crippen LogP contribution < -0.4 is 5.32 Å². The van der Waals surface area contributed by atoms with E-state index < -0.39 is 12.6 Å². The fourth-order valence-corrected chi connectivity index (χ4v) is 1.97.